The number of carboxylic acids is 1. The molecule has 0 spiro atoms. The fourth-order valence-electron chi connectivity index (χ4n) is 1.60. The van der Waals surface area contributed by atoms with Gasteiger partial charge in [0.2, 0.25) is 0 Å². The quantitative estimate of drug-likeness (QED) is 0.854. The van der Waals surface area contributed by atoms with E-state index in [9.17, 15) is 9.59 Å². The highest BCUT2D eigenvalue weighted by Gasteiger charge is 2.20. The summed E-state index contributed by atoms with van der Waals surface area (Å²) in [5, 5.41) is 21.2. The van der Waals surface area contributed by atoms with Gasteiger partial charge in [0.25, 0.3) is 5.91 Å². The summed E-state index contributed by atoms with van der Waals surface area (Å²) in [6.45, 7) is 6.76. The molecule has 2 N–H and O–H groups in total. The van der Waals surface area contributed by atoms with Crippen LogP contribution in [0.5, 0.6) is 0 Å². The van der Waals surface area contributed by atoms with E-state index in [0.717, 1.165) is 5.01 Å². The second-order valence-electron chi connectivity index (χ2n) is 5.72. The highest BCUT2D eigenvalue weighted by Crippen LogP contribution is 2.25. The molecule has 2 aromatic rings. The van der Waals surface area contributed by atoms with Gasteiger partial charge in [-0.1, -0.05) is 26.0 Å². The normalized spacial score (nSPS) is 11.4. The van der Waals surface area contributed by atoms with Gasteiger partial charge in [0.05, 0.1) is 17.7 Å². The zero-order valence-corrected chi connectivity index (χ0v) is 13.3. The Labute approximate surface area is 131 Å². The van der Waals surface area contributed by atoms with Crippen LogP contribution in [0.3, 0.4) is 0 Å². The molecule has 22 heavy (non-hydrogen) atoms. The molecule has 2 aromatic heterocycles. The smallest absolute Gasteiger partial charge is 0.358 e. The first-order valence-electron chi connectivity index (χ1n) is 6.65. The molecular formula is C13H17N5O3S. The molecule has 0 aliphatic heterocycles. The molecule has 0 saturated carbocycles. The van der Waals surface area contributed by atoms with Crippen molar-refractivity contribution in [1.82, 2.24) is 25.3 Å². The number of nitrogens with one attached hydrogen (secondary N) is 1. The van der Waals surface area contributed by atoms with Crippen LogP contribution >= 0.6 is 11.3 Å². The number of amides is 1. The fraction of sp³-hybridized carbons (Fsp3) is 0.462. The van der Waals surface area contributed by atoms with Gasteiger partial charge in [0.15, 0.2) is 5.69 Å². The lowest BCUT2D eigenvalue weighted by atomic mass is 9.98. The van der Waals surface area contributed by atoms with Crippen LogP contribution in [0.4, 0.5) is 0 Å². The van der Waals surface area contributed by atoms with Gasteiger partial charge in [-0.05, 0) is 0 Å². The lowest BCUT2D eigenvalue weighted by Gasteiger charge is -2.13. The topological polar surface area (TPSA) is 110 Å². The summed E-state index contributed by atoms with van der Waals surface area (Å²) in [7, 11) is 0. The number of carboxylic acid groups (broad SMARTS) is 1. The van der Waals surface area contributed by atoms with Gasteiger partial charge in [-0.25, -0.2) is 14.5 Å². The van der Waals surface area contributed by atoms with Gasteiger partial charge in [-0.15, -0.1) is 16.4 Å². The minimum atomic E-state index is -1.13. The van der Waals surface area contributed by atoms with E-state index in [-0.39, 0.29) is 17.0 Å². The van der Waals surface area contributed by atoms with Crippen LogP contribution in [0.15, 0.2) is 11.6 Å². The summed E-state index contributed by atoms with van der Waals surface area (Å²) in [6.07, 6.45) is 1.31. The van der Waals surface area contributed by atoms with E-state index in [1.165, 1.54) is 22.2 Å². The predicted molar refractivity (Wildman–Crippen MR) is 80.1 cm³/mol. The van der Waals surface area contributed by atoms with Gasteiger partial charge >= 0.3 is 5.97 Å². The third-order valence-corrected chi connectivity index (χ3v) is 4.03. The molecule has 1 amide bonds. The molecule has 0 saturated heterocycles. The second-order valence-corrected chi connectivity index (χ2v) is 6.57. The molecule has 0 radical (unpaired) electrons. The Morgan fingerprint density at radius 3 is 2.64 bits per heavy atom. The summed E-state index contributed by atoms with van der Waals surface area (Å²) in [5.74, 6) is -1.39. The van der Waals surface area contributed by atoms with Crippen molar-refractivity contribution < 1.29 is 14.7 Å². The van der Waals surface area contributed by atoms with Gasteiger partial charge in [-0.3, -0.25) is 4.79 Å². The Balaban J connectivity index is 1.87. The maximum atomic E-state index is 12.0. The number of thiazole rings is 1. The molecule has 2 heterocycles. The third-order valence-electron chi connectivity index (χ3n) is 2.76. The standard InChI is InChI=1S/C13H17N5O3S/c1-13(2,3)12-15-9(7-22-12)10(19)14-4-5-18-6-8(11(20)21)16-17-18/h6-7H,4-5H2,1-3H3,(H,14,19)(H,20,21). The van der Waals surface area contributed by atoms with Crippen LogP contribution in [0.2, 0.25) is 0 Å². The van der Waals surface area contributed by atoms with Crippen LogP contribution in [0, 0.1) is 0 Å². The second kappa shape index (κ2) is 6.22. The number of hydrogen-bond acceptors (Lipinski definition) is 6. The molecule has 9 heteroatoms. The first-order chi connectivity index (χ1) is 10.3. The largest absolute Gasteiger partial charge is 0.476 e. The van der Waals surface area contributed by atoms with Crippen molar-refractivity contribution in [3.63, 3.8) is 0 Å². The molecular weight excluding hydrogens is 306 g/mol. The maximum absolute atomic E-state index is 12.0. The Kier molecular flexibility index (Phi) is 4.55. The number of carbonyl (C=O) groups is 2. The monoisotopic (exact) mass is 323 g/mol. The van der Waals surface area contributed by atoms with Crippen molar-refractivity contribution in [3.05, 3.63) is 28.0 Å². The average molecular weight is 323 g/mol. The van der Waals surface area contributed by atoms with Crippen LogP contribution in [0.1, 0.15) is 46.8 Å². The number of rotatable bonds is 5. The minimum Gasteiger partial charge on any atom is -0.476 e. The molecule has 0 aromatic carbocycles. The molecule has 0 fully saturated rings. The zero-order chi connectivity index (χ0) is 16.3. The van der Waals surface area contributed by atoms with Gasteiger partial charge in [0.1, 0.15) is 5.69 Å². The van der Waals surface area contributed by atoms with Crippen LogP contribution in [-0.4, -0.2) is 43.5 Å². The zero-order valence-electron chi connectivity index (χ0n) is 12.5. The highest BCUT2D eigenvalue weighted by atomic mass is 32.1. The Bertz CT molecular complexity index is 686. The van der Waals surface area contributed by atoms with E-state index in [1.807, 2.05) is 20.8 Å². The van der Waals surface area contributed by atoms with E-state index in [4.69, 9.17) is 5.11 Å². The third kappa shape index (κ3) is 3.88. The number of aromatic nitrogens is 4. The molecule has 0 unspecified atom stereocenters. The molecule has 0 bridgehead atoms. The van der Waals surface area contributed by atoms with E-state index < -0.39 is 5.97 Å². The molecule has 0 atom stereocenters. The average Bonchev–Trinajstić information content (AvgIpc) is 3.07. The van der Waals surface area contributed by atoms with Crippen molar-refractivity contribution in [3.8, 4) is 0 Å². The summed E-state index contributed by atoms with van der Waals surface area (Å²) in [5.41, 5.74) is 0.178. The fourth-order valence-corrected chi connectivity index (χ4v) is 2.49. The maximum Gasteiger partial charge on any atom is 0.358 e. The Morgan fingerprint density at radius 2 is 2.09 bits per heavy atom. The van der Waals surface area contributed by atoms with Gasteiger partial charge < -0.3 is 10.4 Å². The first kappa shape index (κ1) is 16.1. The lowest BCUT2D eigenvalue weighted by Crippen LogP contribution is -2.28. The van der Waals surface area contributed by atoms with Crippen molar-refractivity contribution >= 4 is 23.2 Å². The molecule has 8 nitrogen and oxygen atoms in total. The van der Waals surface area contributed by atoms with Crippen molar-refractivity contribution in [2.45, 2.75) is 32.7 Å². The number of aromatic carboxylic acids is 1. The van der Waals surface area contributed by atoms with Crippen molar-refractivity contribution in [2.75, 3.05) is 6.54 Å². The van der Waals surface area contributed by atoms with Crippen LogP contribution < -0.4 is 5.32 Å². The van der Waals surface area contributed by atoms with Crippen LogP contribution in [0.25, 0.3) is 0 Å². The summed E-state index contributed by atoms with van der Waals surface area (Å²) in [4.78, 5) is 27.0. The Hall–Kier alpha value is -2.29. The first-order valence-corrected chi connectivity index (χ1v) is 7.53. The summed E-state index contributed by atoms with van der Waals surface area (Å²) in [6, 6.07) is 0. The lowest BCUT2D eigenvalue weighted by molar-refractivity contribution is 0.0690. The predicted octanol–water partition coefficient (Wildman–Crippen LogP) is 1.16. The Morgan fingerprint density at radius 1 is 1.36 bits per heavy atom. The van der Waals surface area contributed by atoms with E-state index >= 15 is 0 Å². The van der Waals surface area contributed by atoms with Crippen molar-refractivity contribution in [1.29, 1.82) is 0 Å². The number of nitrogens with zero attached hydrogens (tertiary/aromatic N) is 4. The molecule has 0 aliphatic carbocycles. The molecule has 118 valence electrons. The van der Waals surface area contributed by atoms with Crippen molar-refractivity contribution in [2.24, 2.45) is 0 Å². The number of carbonyl (C=O) groups excluding carboxylic acids is 1. The van der Waals surface area contributed by atoms with E-state index in [2.05, 4.69) is 20.6 Å². The minimum absolute atomic E-state index is 0.0862. The molecule has 0 aliphatic rings. The highest BCUT2D eigenvalue weighted by molar-refractivity contribution is 7.10. The van der Waals surface area contributed by atoms with Crippen LogP contribution in [-0.2, 0) is 12.0 Å². The summed E-state index contributed by atoms with van der Waals surface area (Å²) >= 11 is 1.46. The van der Waals surface area contributed by atoms with Gasteiger partial charge in [-0.2, -0.15) is 0 Å². The van der Waals surface area contributed by atoms with Gasteiger partial charge in [0, 0.05) is 17.3 Å². The number of hydrogen-bond donors (Lipinski definition) is 2. The van der Waals surface area contributed by atoms with E-state index in [0.29, 0.717) is 18.8 Å². The molecule has 2 rings (SSSR count). The summed E-state index contributed by atoms with van der Waals surface area (Å²) < 4.78 is 1.37. The van der Waals surface area contributed by atoms with E-state index in [1.54, 1.807) is 5.38 Å². The SMILES string of the molecule is CC(C)(C)c1nc(C(=O)NCCn2cc(C(=O)O)nn2)cs1.